The fourth-order valence-electron chi connectivity index (χ4n) is 0.507. The maximum atomic E-state index is 10.3. The maximum absolute atomic E-state index is 10.3. The van der Waals surface area contributed by atoms with Gasteiger partial charge in [-0.15, -0.1) is 23.7 Å². The van der Waals surface area contributed by atoms with E-state index in [2.05, 4.69) is 4.98 Å². The molecular formula is C5H6ClNO2S. The normalized spacial score (nSPS) is 8.50. The van der Waals surface area contributed by atoms with Crippen LogP contribution in [0.2, 0.25) is 0 Å². The minimum atomic E-state index is -0.894. The summed E-state index contributed by atoms with van der Waals surface area (Å²) < 4.78 is 0. The molecule has 0 saturated heterocycles. The van der Waals surface area contributed by atoms with E-state index in [1.165, 1.54) is 5.51 Å². The summed E-state index contributed by atoms with van der Waals surface area (Å²) in [5.74, 6) is -0.894. The Bertz CT molecular complexity index is 235. The van der Waals surface area contributed by atoms with Crippen molar-refractivity contribution in [1.29, 1.82) is 0 Å². The first-order chi connectivity index (χ1) is 4.22. The number of nitrogens with zero attached hydrogens (tertiary/aromatic N) is 1. The molecule has 0 spiro atoms. The number of aromatic nitrogens is 1. The van der Waals surface area contributed by atoms with Crippen molar-refractivity contribution in [1.82, 2.24) is 4.98 Å². The fourth-order valence-corrected chi connectivity index (χ4v) is 1.15. The molecule has 1 N–H and O–H groups in total. The molecular weight excluding hydrogens is 174 g/mol. The third kappa shape index (κ3) is 1.68. The molecule has 1 rings (SSSR count). The zero-order chi connectivity index (χ0) is 6.85. The lowest BCUT2D eigenvalue weighted by molar-refractivity contribution is 0.0701. The molecule has 0 bridgehead atoms. The van der Waals surface area contributed by atoms with Gasteiger partial charge in [0.25, 0.3) is 0 Å². The molecule has 10 heavy (non-hydrogen) atoms. The summed E-state index contributed by atoms with van der Waals surface area (Å²) in [6.07, 6.45) is 0. The minimum absolute atomic E-state index is 0. The Hall–Kier alpha value is -0.610. The van der Waals surface area contributed by atoms with Crippen molar-refractivity contribution in [3.63, 3.8) is 0 Å². The van der Waals surface area contributed by atoms with Gasteiger partial charge in [-0.2, -0.15) is 0 Å². The van der Waals surface area contributed by atoms with Gasteiger partial charge in [0, 0.05) is 0 Å². The van der Waals surface area contributed by atoms with Crippen LogP contribution in [0, 0.1) is 6.92 Å². The standard InChI is InChI=1S/C5H5NO2S.ClH/c1-3-4(5(7)8)9-2-6-3;/h2H,1H3,(H,7,8);1H. The molecule has 0 unspecified atom stereocenters. The number of aryl methyl sites for hydroxylation is 1. The Morgan fingerprint density at radius 2 is 2.40 bits per heavy atom. The second-order valence-corrected chi connectivity index (χ2v) is 2.43. The lowest BCUT2D eigenvalue weighted by atomic mass is 10.4. The summed E-state index contributed by atoms with van der Waals surface area (Å²) in [6.45, 7) is 1.68. The number of rotatable bonds is 1. The van der Waals surface area contributed by atoms with Crippen LogP contribution < -0.4 is 0 Å². The van der Waals surface area contributed by atoms with E-state index in [9.17, 15) is 4.79 Å². The predicted octanol–water partition coefficient (Wildman–Crippen LogP) is 1.57. The van der Waals surface area contributed by atoms with E-state index in [0.29, 0.717) is 10.6 Å². The van der Waals surface area contributed by atoms with Gasteiger partial charge >= 0.3 is 5.97 Å². The van der Waals surface area contributed by atoms with E-state index in [1.807, 2.05) is 0 Å². The van der Waals surface area contributed by atoms with E-state index in [0.717, 1.165) is 11.3 Å². The number of halogens is 1. The van der Waals surface area contributed by atoms with Crippen LogP contribution in [0.15, 0.2) is 5.51 Å². The highest BCUT2D eigenvalue weighted by molar-refractivity contribution is 7.11. The number of hydrogen-bond acceptors (Lipinski definition) is 3. The average molecular weight is 180 g/mol. The monoisotopic (exact) mass is 179 g/mol. The van der Waals surface area contributed by atoms with Crippen molar-refractivity contribution in [2.75, 3.05) is 0 Å². The highest BCUT2D eigenvalue weighted by Crippen LogP contribution is 2.10. The summed E-state index contributed by atoms with van der Waals surface area (Å²) in [5, 5.41) is 8.42. The predicted molar refractivity (Wildman–Crippen MR) is 41.1 cm³/mol. The SMILES string of the molecule is Cc1ncsc1C(=O)O.Cl. The fraction of sp³-hybridized carbons (Fsp3) is 0.200. The average Bonchev–Trinajstić information content (AvgIpc) is 2.13. The maximum Gasteiger partial charge on any atom is 0.347 e. The van der Waals surface area contributed by atoms with Crippen molar-refractivity contribution in [3.05, 3.63) is 16.1 Å². The number of thiazole rings is 1. The largest absolute Gasteiger partial charge is 0.477 e. The number of carbonyl (C=O) groups is 1. The van der Waals surface area contributed by atoms with Crippen molar-refractivity contribution in [3.8, 4) is 0 Å². The van der Waals surface area contributed by atoms with Crippen molar-refractivity contribution in [2.45, 2.75) is 6.92 Å². The van der Waals surface area contributed by atoms with Crippen LogP contribution in [0.5, 0.6) is 0 Å². The van der Waals surface area contributed by atoms with E-state index < -0.39 is 5.97 Å². The molecule has 1 aromatic heterocycles. The molecule has 56 valence electrons. The molecule has 0 saturated carbocycles. The molecule has 0 radical (unpaired) electrons. The first-order valence-corrected chi connectivity index (χ1v) is 3.23. The molecule has 1 heterocycles. The lowest BCUT2D eigenvalue weighted by Gasteiger charge is -1.84. The van der Waals surface area contributed by atoms with E-state index in [4.69, 9.17) is 5.11 Å². The highest BCUT2D eigenvalue weighted by atomic mass is 35.5. The molecule has 3 nitrogen and oxygen atoms in total. The van der Waals surface area contributed by atoms with E-state index >= 15 is 0 Å². The Kier molecular flexibility index (Phi) is 3.32. The van der Waals surface area contributed by atoms with Gasteiger partial charge in [0.2, 0.25) is 0 Å². The van der Waals surface area contributed by atoms with Crippen LogP contribution in [0.25, 0.3) is 0 Å². The van der Waals surface area contributed by atoms with Gasteiger partial charge in [0.15, 0.2) is 0 Å². The quantitative estimate of drug-likeness (QED) is 0.712. The van der Waals surface area contributed by atoms with Crippen LogP contribution in [0.1, 0.15) is 15.4 Å². The smallest absolute Gasteiger partial charge is 0.347 e. The number of aromatic carboxylic acids is 1. The van der Waals surface area contributed by atoms with Crippen molar-refractivity contribution < 1.29 is 9.90 Å². The third-order valence-electron chi connectivity index (χ3n) is 0.940. The summed E-state index contributed by atoms with van der Waals surface area (Å²) in [5.41, 5.74) is 2.12. The molecule has 0 atom stereocenters. The zero-order valence-electron chi connectivity index (χ0n) is 5.20. The van der Waals surface area contributed by atoms with E-state index in [-0.39, 0.29) is 12.4 Å². The molecule has 0 amide bonds. The van der Waals surface area contributed by atoms with Crippen LogP contribution in [0.3, 0.4) is 0 Å². The molecule has 0 aliphatic carbocycles. The minimum Gasteiger partial charge on any atom is -0.477 e. The van der Waals surface area contributed by atoms with Crippen LogP contribution >= 0.6 is 23.7 Å². The third-order valence-corrected chi connectivity index (χ3v) is 1.86. The summed E-state index contributed by atoms with van der Waals surface area (Å²) in [6, 6.07) is 0. The van der Waals surface area contributed by atoms with Gasteiger partial charge in [-0.25, -0.2) is 9.78 Å². The zero-order valence-corrected chi connectivity index (χ0v) is 6.83. The second kappa shape index (κ2) is 3.53. The van der Waals surface area contributed by atoms with Gasteiger partial charge in [0.1, 0.15) is 4.88 Å². The van der Waals surface area contributed by atoms with E-state index in [1.54, 1.807) is 6.92 Å². The van der Waals surface area contributed by atoms with Gasteiger partial charge in [-0.3, -0.25) is 0 Å². The Labute approximate surface area is 68.1 Å². The van der Waals surface area contributed by atoms with Crippen LogP contribution in [-0.2, 0) is 0 Å². The van der Waals surface area contributed by atoms with Crippen molar-refractivity contribution >= 4 is 29.7 Å². The topological polar surface area (TPSA) is 50.2 Å². The Morgan fingerprint density at radius 1 is 1.80 bits per heavy atom. The molecule has 0 aromatic carbocycles. The molecule has 5 heteroatoms. The van der Waals surface area contributed by atoms with Gasteiger partial charge in [-0.05, 0) is 6.92 Å². The van der Waals surface area contributed by atoms with Crippen molar-refractivity contribution in [2.24, 2.45) is 0 Å². The second-order valence-electron chi connectivity index (χ2n) is 1.57. The molecule has 0 aliphatic heterocycles. The number of carboxylic acid groups (broad SMARTS) is 1. The lowest BCUT2D eigenvalue weighted by Crippen LogP contribution is -1.94. The van der Waals surface area contributed by atoms with Gasteiger partial charge in [0.05, 0.1) is 11.2 Å². The van der Waals surface area contributed by atoms with Crippen LogP contribution in [0.4, 0.5) is 0 Å². The number of carboxylic acids is 1. The summed E-state index contributed by atoms with van der Waals surface area (Å²) in [7, 11) is 0. The summed E-state index contributed by atoms with van der Waals surface area (Å²) >= 11 is 1.15. The number of hydrogen-bond donors (Lipinski definition) is 1. The molecule has 0 fully saturated rings. The highest BCUT2D eigenvalue weighted by Gasteiger charge is 2.07. The first kappa shape index (κ1) is 9.39. The Morgan fingerprint density at radius 3 is 2.60 bits per heavy atom. The first-order valence-electron chi connectivity index (χ1n) is 2.35. The summed E-state index contributed by atoms with van der Waals surface area (Å²) in [4.78, 5) is 14.4. The van der Waals surface area contributed by atoms with Crippen LogP contribution in [-0.4, -0.2) is 16.1 Å². The van der Waals surface area contributed by atoms with Gasteiger partial charge < -0.3 is 5.11 Å². The molecule has 0 aliphatic rings. The molecule has 1 aromatic rings. The van der Waals surface area contributed by atoms with Gasteiger partial charge in [-0.1, -0.05) is 0 Å². The Balaban J connectivity index is 0.000000810.